The number of carbonyl (C=O) groups is 1. The largest absolute Gasteiger partial charge is 0.494 e. The minimum atomic E-state index is 0.0929. The molecule has 0 aromatic heterocycles. The summed E-state index contributed by atoms with van der Waals surface area (Å²) in [5.41, 5.74) is 6.94. The first-order valence-electron chi connectivity index (χ1n) is 8.17. The number of ether oxygens (including phenoxy) is 1. The Morgan fingerprint density at radius 3 is 2.77 bits per heavy atom. The molecule has 1 amide bonds. The highest BCUT2D eigenvalue weighted by Gasteiger charge is 2.14. The van der Waals surface area contributed by atoms with E-state index in [1.165, 1.54) is 5.56 Å². The molecule has 124 valence electrons. The molecule has 1 aliphatic heterocycles. The summed E-state index contributed by atoms with van der Waals surface area (Å²) in [6.07, 6.45) is 3.56. The zero-order chi connectivity index (χ0) is 16.2. The zero-order valence-corrected chi connectivity index (χ0v) is 13.8. The van der Waals surface area contributed by atoms with Crippen molar-refractivity contribution >= 4 is 11.6 Å². The first-order chi connectivity index (χ1) is 10.7. The zero-order valence-electron chi connectivity index (χ0n) is 13.8. The monoisotopic (exact) mass is 307 g/mol. The molecule has 5 nitrogen and oxygen atoms in total. The normalized spacial score (nSPS) is 12.8. The van der Waals surface area contributed by atoms with Gasteiger partial charge in [-0.15, -0.1) is 0 Å². The van der Waals surface area contributed by atoms with Gasteiger partial charge < -0.3 is 21.1 Å². The van der Waals surface area contributed by atoms with Gasteiger partial charge in [0.05, 0.1) is 6.61 Å². The summed E-state index contributed by atoms with van der Waals surface area (Å²) in [5, 5.41) is 6.18. The van der Waals surface area contributed by atoms with Crippen LogP contribution in [0.3, 0.4) is 0 Å². The third kappa shape index (κ3) is 6.91. The van der Waals surface area contributed by atoms with Gasteiger partial charge in [0.2, 0.25) is 5.91 Å². The fraction of sp³-hybridized carbons (Fsp3) is 0.588. The van der Waals surface area contributed by atoms with E-state index in [-0.39, 0.29) is 5.91 Å². The van der Waals surface area contributed by atoms with Crippen molar-refractivity contribution in [1.29, 1.82) is 0 Å². The van der Waals surface area contributed by atoms with Crippen molar-refractivity contribution in [3.63, 3.8) is 0 Å². The van der Waals surface area contributed by atoms with Crippen molar-refractivity contribution in [2.24, 2.45) is 5.73 Å². The quantitative estimate of drug-likeness (QED) is 0.676. The lowest BCUT2D eigenvalue weighted by molar-refractivity contribution is -0.116. The van der Waals surface area contributed by atoms with Crippen molar-refractivity contribution in [1.82, 2.24) is 5.32 Å². The van der Waals surface area contributed by atoms with E-state index in [2.05, 4.69) is 17.6 Å². The van der Waals surface area contributed by atoms with E-state index in [4.69, 9.17) is 10.5 Å². The molecular weight excluding hydrogens is 278 g/mol. The fourth-order valence-electron chi connectivity index (χ4n) is 2.16. The van der Waals surface area contributed by atoms with Crippen LogP contribution in [0.1, 0.15) is 38.7 Å². The maximum atomic E-state index is 11.3. The van der Waals surface area contributed by atoms with Gasteiger partial charge in [-0.3, -0.25) is 4.79 Å². The molecule has 0 saturated heterocycles. The van der Waals surface area contributed by atoms with E-state index in [1.54, 1.807) is 0 Å². The second-order valence-electron chi connectivity index (χ2n) is 5.18. The van der Waals surface area contributed by atoms with Gasteiger partial charge in [-0.25, -0.2) is 0 Å². The fourth-order valence-corrected chi connectivity index (χ4v) is 2.16. The predicted molar refractivity (Wildman–Crippen MR) is 91.4 cm³/mol. The summed E-state index contributed by atoms with van der Waals surface area (Å²) in [4.78, 5) is 11.3. The molecule has 1 aromatic carbocycles. The second kappa shape index (κ2) is 11.0. The van der Waals surface area contributed by atoms with Crippen LogP contribution in [0.2, 0.25) is 0 Å². The number of unbranched alkanes of at least 4 members (excludes halogenated alkanes) is 1. The molecule has 0 saturated carbocycles. The van der Waals surface area contributed by atoms with E-state index in [0.717, 1.165) is 56.9 Å². The van der Waals surface area contributed by atoms with Crippen molar-refractivity contribution in [2.75, 3.05) is 31.6 Å². The van der Waals surface area contributed by atoms with E-state index in [0.29, 0.717) is 6.42 Å². The minimum Gasteiger partial charge on any atom is -0.494 e. The summed E-state index contributed by atoms with van der Waals surface area (Å²) >= 11 is 0. The van der Waals surface area contributed by atoms with Gasteiger partial charge in [0.15, 0.2) is 0 Å². The summed E-state index contributed by atoms with van der Waals surface area (Å²) in [7, 11) is 0. The highest BCUT2D eigenvalue weighted by Crippen LogP contribution is 2.27. The number of nitrogens with two attached hydrogens (primary N) is 1. The third-order valence-electron chi connectivity index (χ3n) is 3.24. The second-order valence-corrected chi connectivity index (χ2v) is 5.18. The maximum Gasteiger partial charge on any atom is 0.224 e. The third-order valence-corrected chi connectivity index (χ3v) is 3.24. The van der Waals surface area contributed by atoms with Crippen LogP contribution in [0, 0.1) is 0 Å². The molecule has 0 unspecified atom stereocenters. The van der Waals surface area contributed by atoms with Gasteiger partial charge in [0.1, 0.15) is 5.75 Å². The van der Waals surface area contributed by atoms with E-state index < -0.39 is 0 Å². The Labute approximate surface area is 133 Å². The molecule has 0 aliphatic carbocycles. The van der Waals surface area contributed by atoms with Gasteiger partial charge >= 0.3 is 0 Å². The van der Waals surface area contributed by atoms with Crippen molar-refractivity contribution < 1.29 is 9.53 Å². The Hall–Kier alpha value is -1.59. The summed E-state index contributed by atoms with van der Waals surface area (Å²) in [6, 6.07) is 5.96. The van der Waals surface area contributed by atoms with Crippen LogP contribution in [0.25, 0.3) is 0 Å². The van der Waals surface area contributed by atoms with Crippen molar-refractivity contribution in [3.05, 3.63) is 23.8 Å². The first kappa shape index (κ1) is 18.5. The van der Waals surface area contributed by atoms with Gasteiger partial charge in [-0.2, -0.15) is 0 Å². The number of aryl methyl sites for hydroxylation is 1. The molecule has 0 atom stereocenters. The smallest absolute Gasteiger partial charge is 0.224 e. The van der Waals surface area contributed by atoms with Crippen LogP contribution in [0.4, 0.5) is 5.69 Å². The molecular formula is C17H29N3O2. The van der Waals surface area contributed by atoms with Crippen molar-refractivity contribution in [2.45, 2.75) is 39.5 Å². The standard InChI is InChI=1S/C15H22N2O2.C2H7N/c1-2-16-9-3-4-10-19-13-7-5-12-6-8-15(18)17-14(12)11-13;1-2-3/h5,7,11,16H,2-4,6,8-10H2,1H3,(H,17,18);2-3H2,1H3. The van der Waals surface area contributed by atoms with Gasteiger partial charge in [0.25, 0.3) is 0 Å². The molecule has 0 fully saturated rings. The molecule has 4 N–H and O–H groups in total. The molecule has 5 heteroatoms. The van der Waals surface area contributed by atoms with Crippen LogP contribution in [0.15, 0.2) is 18.2 Å². The van der Waals surface area contributed by atoms with Crippen LogP contribution in [0.5, 0.6) is 5.75 Å². The first-order valence-corrected chi connectivity index (χ1v) is 8.17. The average Bonchev–Trinajstić information content (AvgIpc) is 2.51. The van der Waals surface area contributed by atoms with Crippen LogP contribution in [-0.4, -0.2) is 32.1 Å². The van der Waals surface area contributed by atoms with Gasteiger partial charge in [0, 0.05) is 18.2 Å². The molecule has 1 heterocycles. The Bertz CT molecular complexity index is 450. The summed E-state index contributed by atoms with van der Waals surface area (Å²) < 4.78 is 5.71. The number of hydrogen-bond donors (Lipinski definition) is 3. The number of fused-ring (bicyclic) bond motifs is 1. The molecule has 1 aromatic rings. The average molecular weight is 307 g/mol. The molecule has 0 spiro atoms. The topological polar surface area (TPSA) is 76.4 Å². The van der Waals surface area contributed by atoms with E-state index >= 15 is 0 Å². The Balaban J connectivity index is 0.000000745. The number of carbonyl (C=O) groups excluding carboxylic acids is 1. The van der Waals surface area contributed by atoms with Crippen LogP contribution in [-0.2, 0) is 11.2 Å². The van der Waals surface area contributed by atoms with Crippen molar-refractivity contribution in [3.8, 4) is 5.75 Å². The SMILES string of the molecule is CCN.CCNCCCCOc1ccc2c(c1)NC(=O)CC2. The number of rotatable bonds is 7. The number of nitrogens with one attached hydrogen (secondary N) is 2. The maximum absolute atomic E-state index is 11.3. The summed E-state index contributed by atoms with van der Waals surface area (Å²) in [6.45, 7) is 7.54. The number of benzene rings is 1. The Morgan fingerprint density at radius 2 is 2.05 bits per heavy atom. The van der Waals surface area contributed by atoms with E-state index in [9.17, 15) is 4.79 Å². The molecule has 22 heavy (non-hydrogen) atoms. The van der Waals surface area contributed by atoms with Crippen LogP contribution < -0.4 is 21.1 Å². The number of hydrogen-bond acceptors (Lipinski definition) is 4. The van der Waals surface area contributed by atoms with Gasteiger partial charge in [-0.1, -0.05) is 19.9 Å². The minimum absolute atomic E-state index is 0.0929. The predicted octanol–water partition coefficient (Wildman–Crippen LogP) is 2.30. The number of amides is 1. The van der Waals surface area contributed by atoms with Crippen LogP contribution >= 0.6 is 0 Å². The Kier molecular flexibility index (Phi) is 9.26. The lowest BCUT2D eigenvalue weighted by Gasteiger charge is -2.17. The lowest BCUT2D eigenvalue weighted by Crippen LogP contribution is -2.18. The molecule has 0 radical (unpaired) electrons. The Morgan fingerprint density at radius 1 is 1.27 bits per heavy atom. The molecule has 0 bridgehead atoms. The molecule has 1 aliphatic rings. The van der Waals surface area contributed by atoms with Gasteiger partial charge in [-0.05, 0) is 50.5 Å². The highest BCUT2D eigenvalue weighted by atomic mass is 16.5. The highest BCUT2D eigenvalue weighted by molar-refractivity contribution is 5.94. The number of anilines is 1. The lowest BCUT2D eigenvalue weighted by atomic mass is 10.0. The van der Waals surface area contributed by atoms with E-state index in [1.807, 2.05) is 25.1 Å². The molecule has 2 rings (SSSR count). The summed E-state index contributed by atoms with van der Waals surface area (Å²) in [5.74, 6) is 0.930.